The number of aromatic amines is 2. The zero-order valence-corrected chi connectivity index (χ0v) is 38.1. The van der Waals surface area contributed by atoms with Crippen LogP contribution in [-0.2, 0) is 0 Å². The number of aromatic nitrogens is 8. The summed E-state index contributed by atoms with van der Waals surface area (Å²) in [6.45, 7) is 4.37. The summed E-state index contributed by atoms with van der Waals surface area (Å²) in [6.07, 6.45) is 6.12. The topological polar surface area (TPSA) is 131 Å². The van der Waals surface area contributed by atoms with E-state index < -0.39 is 11.6 Å². The highest BCUT2D eigenvalue weighted by atomic mass is 79.9. The molecule has 4 aromatic heterocycles. The number of anilines is 1. The minimum absolute atomic E-state index is 0. The van der Waals surface area contributed by atoms with Crippen molar-refractivity contribution >= 4 is 66.6 Å². The Morgan fingerprint density at radius 2 is 1.17 bits per heavy atom. The first-order valence-electron chi connectivity index (χ1n) is 20.4. The summed E-state index contributed by atoms with van der Waals surface area (Å²) in [5.41, 5.74) is 7.10. The number of pyridine rings is 2. The number of H-pyrrole nitrogens is 2. The lowest BCUT2D eigenvalue weighted by Crippen LogP contribution is -2.31. The molecule has 0 amide bonds. The van der Waals surface area contributed by atoms with Crippen LogP contribution in [0.15, 0.2) is 102 Å². The summed E-state index contributed by atoms with van der Waals surface area (Å²) in [4.78, 5) is 15.9. The number of halogens is 5. The summed E-state index contributed by atoms with van der Waals surface area (Å²) in [5, 5.41) is 28.1. The van der Waals surface area contributed by atoms with Gasteiger partial charge in [-0.1, -0.05) is 42.8 Å². The largest absolute Gasteiger partial charge is 0.369 e. The maximum atomic E-state index is 14.4. The van der Waals surface area contributed by atoms with Crippen molar-refractivity contribution in [3.8, 4) is 45.0 Å². The van der Waals surface area contributed by atoms with Gasteiger partial charge in [-0.15, -0.1) is 0 Å². The molecule has 2 aliphatic rings. The Morgan fingerprint density at radius 3 is 1.67 bits per heavy atom. The van der Waals surface area contributed by atoms with Gasteiger partial charge in [-0.2, -0.15) is 30.8 Å². The number of fused-ring (bicyclic) bond motifs is 2. The van der Waals surface area contributed by atoms with Gasteiger partial charge in [0.15, 0.2) is 0 Å². The number of benzene rings is 4. The Hall–Kier alpha value is -5.42. The molecule has 3 N–H and O–H groups in total. The van der Waals surface area contributed by atoms with Crippen LogP contribution in [0.3, 0.4) is 0 Å². The minimum Gasteiger partial charge on any atom is -0.369 e. The fraction of sp³-hybridized carbons (Fsp3) is 0.277. The Morgan fingerprint density at radius 1 is 0.641 bits per heavy atom. The molecule has 2 atom stereocenters. The summed E-state index contributed by atoms with van der Waals surface area (Å²) in [6, 6.07) is 25.8. The van der Waals surface area contributed by atoms with Crippen LogP contribution >= 0.6 is 39.1 Å². The molecule has 12 nitrogen and oxygen atoms in total. The van der Waals surface area contributed by atoms with Crippen molar-refractivity contribution in [2.75, 3.05) is 59.3 Å². The Bertz CT molecular complexity index is 2860. The predicted molar refractivity (Wildman–Crippen MR) is 259 cm³/mol. The van der Waals surface area contributed by atoms with Crippen LogP contribution in [0.5, 0.6) is 0 Å². The smallest absolute Gasteiger partial charge is 0.132 e. The summed E-state index contributed by atoms with van der Waals surface area (Å²) in [5.74, 6) is -0.798. The number of likely N-dealkylation sites (N-methyl/N-ethyl adjacent to an activating group) is 2. The molecule has 10 rings (SSSR count). The van der Waals surface area contributed by atoms with Crippen molar-refractivity contribution in [2.24, 2.45) is 0 Å². The van der Waals surface area contributed by atoms with Gasteiger partial charge in [0.2, 0.25) is 0 Å². The normalized spacial score (nSPS) is 15.9. The predicted octanol–water partition coefficient (Wildman–Crippen LogP) is 10.4. The second-order valence-corrected chi connectivity index (χ2v) is 17.7. The van der Waals surface area contributed by atoms with Gasteiger partial charge in [-0.05, 0) is 136 Å². The van der Waals surface area contributed by atoms with Gasteiger partial charge < -0.3 is 20.0 Å². The lowest BCUT2D eigenvalue weighted by molar-refractivity contribution is 0.313. The fourth-order valence-corrected chi connectivity index (χ4v) is 8.46. The summed E-state index contributed by atoms with van der Waals surface area (Å²) < 4.78 is 29.5. The van der Waals surface area contributed by atoms with E-state index >= 15 is 0 Å². The molecule has 0 aliphatic carbocycles. The Labute approximate surface area is 389 Å². The molecular formula is C47H49BrCl2F2N12. The average molecular weight is 971 g/mol. The van der Waals surface area contributed by atoms with Crippen molar-refractivity contribution in [3.63, 3.8) is 0 Å². The highest BCUT2D eigenvalue weighted by molar-refractivity contribution is 9.10. The molecule has 0 radical (unpaired) electrons. The van der Waals surface area contributed by atoms with Crippen molar-refractivity contribution in [1.29, 1.82) is 0 Å². The molecule has 8 aromatic rings. The molecule has 0 bridgehead atoms. The van der Waals surface area contributed by atoms with Gasteiger partial charge in [0.25, 0.3) is 0 Å². The monoisotopic (exact) mass is 968 g/mol. The number of rotatable bonds is 7. The Balaban J connectivity index is 0.000000164. The quantitative estimate of drug-likeness (QED) is 0.142. The fourth-order valence-electron chi connectivity index (χ4n) is 7.77. The van der Waals surface area contributed by atoms with Crippen LogP contribution in [-0.4, -0.2) is 117 Å². The van der Waals surface area contributed by atoms with Crippen molar-refractivity contribution < 1.29 is 8.78 Å². The van der Waals surface area contributed by atoms with E-state index in [0.29, 0.717) is 50.0 Å². The molecule has 17 heteroatoms. The van der Waals surface area contributed by atoms with E-state index in [1.165, 1.54) is 49.8 Å². The molecule has 0 spiro atoms. The zero-order chi connectivity index (χ0) is 44.2. The van der Waals surface area contributed by atoms with E-state index in [9.17, 15) is 8.78 Å². The Kier molecular flexibility index (Phi) is 15.0. The van der Waals surface area contributed by atoms with Crippen LogP contribution < -0.4 is 10.2 Å². The number of nitrogens with one attached hydrogen (secondary N) is 3. The molecular weight excluding hydrogens is 921 g/mol. The molecule has 2 fully saturated rings. The summed E-state index contributed by atoms with van der Waals surface area (Å²) in [7, 11) is 8.52. The molecule has 0 unspecified atom stereocenters. The lowest BCUT2D eigenvalue weighted by atomic mass is 10.0. The van der Waals surface area contributed by atoms with Crippen LogP contribution in [0.25, 0.3) is 66.8 Å². The first-order valence-corrected chi connectivity index (χ1v) is 21.9. The number of nitrogens with zero attached hydrogens (tertiary/aromatic N) is 9. The minimum atomic E-state index is -0.403. The SMILES string of the molecule is C.CN(C)[C@H]1CCN(c2cnc3ccc(-c4n[nH]nc4-c4cc(Cl)ccc4F)cc3c2)C1.CN(C)[C@H]1CCNC1.Fc1ccc(Cl)cc1-c1n[nH]nc1-c1ccc2ncc(Br)cc2c1. The van der Waals surface area contributed by atoms with Crippen molar-refractivity contribution in [2.45, 2.75) is 32.4 Å². The highest BCUT2D eigenvalue weighted by Crippen LogP contribution is 2.35. The van der Waals surface area contributed by atoms with Gasteiger partial charge in [-0.25, -0.2) is 8.78 Å². The maximum absolute atomic E-state index is 14.4. The standard InChI is InChI=1S/C23H22ClFN6.C17H9BrClFN4.C6H14N2.CH4/c1-30(2)17-7-8-31(13-17)18-10-15-9-14(3-6-21(15)26-12-18)22-23(28-29-27-22)19-11-16(24)4-5-20(19)25;18-11-6-10-5-9(1-4-15(10)21-8-11)16-17(23-24-22-16)13-7-12(19)2-3-14(13)20;1-8(2)6-3-4-7-5-6;/h3-6,9-12,17H,7-8,13H2,1-2H3,(H,27,28,29);1-8H,(H,22,23,24);6-7H,3-5H2,1-2H3;1H4/t17-;;6-;/m0.0./s1. The van der Waals surface area contributed by atoms with Crippen LogP contribution in [0.2, 0.25) is 10.0 Å². The molecule has 332 valence electrons. The zero-order valence-electron chi connectivity index (χ0n) is 35.0. The molecule has 64 heavy (non-hydrogen) atoms. The van der Waals surface area contributed by atoms with E-state index in [1.54, 1.807) is 12.3 Å². The third kappa shape index (κ3) is 10.6. The average Bonchev–Trinajstić information content (AvgIpc) is 4.13. The van der Waals surface area contributed by atoms with E-state index in [2.05, 4.69) is 111 Å². The first-order chi connectivity index (χ1) is 30.4. The summed E-state index contributed by atoms with van der Waals surface area (Å²) >= 11 is 15.5. The first kappa shape index (κ1) is 46.6. The highest BCUT2D eigenvalue weighted by Gasteiger charge is 2.25. The van der Waals surface area contributed by atoms with Crippen LogP contribution in [0.1, 0.15) is 20.3 Å². The van der Waals surface area contributed by atoms with Crippen LogP contribution in [0.4, 0.5) is 14.5 Å². The molecule has 4 aromatic carbocycles. The molecule has 2 aliphatic heterocycles. The second kappa shape index (κ2) is 20.6. The third-order valence-electron chi connectivity index (χ3n) is 11.3. The van der Waals surface area contributed by atoms with Gasteiger partial charge in [0.1, 0.15) is 34.4 Å². The van der Waals surface area contributed by atoms with Gasteiger partial charge in [-0.3, -0.25) is 9.97 Å². The number of hydrogen-bond acceptors (Lipinski definition) is 10. The van der Waals surface area contributed by atoms with Crippen LogP contribution in [0, 0.1) is 11.6 Å². The van der Waals surface area contributed by atoms with Gasteiger partial charge in [0.05, 0.1) is 22.9 Å². The lowest BCUT2D eigenvalue weighted by Gasteiger charge is -2.21. The third-order valence-corrected chi connectivity index (χ3v) is 12.3. The number of hydrogen-bond donors (Lipinski definition) is 3. The molecule has 2 saturated heterocycles. The van der Waals surface area contributed by atoms with Crippen molar-refractivity contribution in [3.05, 3.63) is 123 Å². The van der Waals surface area contributed by atoms with Gasteiger partial charge in [0, 0.05) is 85.5 Å². The second-order valence-electron chi connectivity index (χ2n) is 15.9. The van der Waals surface area contributed by atoms with Crippen molar-refractivity contribution in [1.82, 2.24) is 55.9 Å². The molecule has 6 heterocycles. The molecule has 0 saturated carbocycles. The van der Waals surface area contributed by atoms with E-state index in [1.807, 2.05) is 48.7 Å². The van der Waals surface area contributed by atoms with E-state index in [0.717, 1.165) is 68.6 Å². The maximum Gasteiger partial charge on any atom is 0.132 e. The van der Waals surface area contributed by atoms with Gasteiger partial charge >= 0.3 is 0 Å². The van der Waals surface area contributed by atoms with E-state index in [-0.39, 0.29) is 7.43 Å². The van der Waals surface area contributed by atoms with E-state index in [4.69, 9.17) is 23.2 Å².